The first-order chi connectivity index (χ1) is 19.0. The molecule has 6 rings (SSSR count). The maximum Gasteiger partial charge on any atom is 0.342 e. The Kier molecular flexibility index (Phi) is 7.70. The summed E-state index contributed by atoms with van der Waals surface area (Å²) in [5, 5.41) is 0. The molecular formula is C31H30O5P2S. The second kappa shape index (κ2) is 11.2. The molecule has 2 aliphatic heterocycles. The minimum atomic E-state index is -3.54. The molecule has 0 saturated carbocycles. The van der Waals surface area contributed by atoms with Crippen molar-refractivity contribution in [1.82, 2.24) is 0 Å². The minimum absolute atomic E-state index is 0.217. The SMILES string of the molecule is O=P1(C(c2ccccc2)c2ccccc2)OCC2(CO1)COP(=O)(C(c1ccccc1)c1ccccc1)SC2. The Balaban J connectivity index is 1.22. The molecule has 0 amide bonds. The number of hydrogen-bond donors (Lipinski definition) is 0. The van der Waals surface area contributed by atoms with E-state index in [1.807, 2.05) is 121 Å². The van der Waals surface area contributed by atoms with Gasteiger partial charge in [-0.2, -0.15) is 0 Å². The molecule has 200 valence electrons. The zero-order valence-corrected chi connectivity index (χ0v) is 24.0. The molecule has 0 N–H and O–H groups in total. The normalized spacial score (nSPS) is 27.1. The maximum atomic E-state index is 14.4. The third-order valence-corrected chi connectivity index (χ3v) is 14.7. The zero-order valence-electron chi connectivity index (χ0n) is 21.4. The highest BCUT2D eigenvalue weighted by atomic mass is 32.7. The number of rotatable bonds is 6. The molecule has 2 saturated heterocycles. The van der Waals surface area contributed by atoms with Crippen LogP contribution in [0.2, 0.25) is 0 Å². The maximum absolute atomic E-state index is 14.4. The van der Waals surface area contributed by atoms with Gasteiger partial charge in [0.1, 0.15) is 5.66 Å². The van der Waals surface area contributed by atoms with Crippen LogP contribution in [0.25, 0.3) is 0 Å². The second-order valence-corrected chi connectivity index (χ2v) is 16.9. The van der Waals surface area contributed by atoms with Gasteiger partial charge < -0.3 is 13.6 Å². The Hall–Kier alpha value is -2.43. The summed E-state index contributed by atoms with van der Waals surface area (Å²) in [6.07, 6.45) is 0. The zero-order chi connectivity index (χ0) is 26.8. The fourth-order valence-corrected chi connectivity index (χ4v) is 13.1. The standard InChI is InChI=1S/C31H30O5P2S/c32-37(29(25-13-5-1-6-14-25)26-15-7-2-8-16-26)34-21-31(22-35-37)23-36-38(33,39-24-31)30(27-17-9-3-10-18-27)28-19-11-4-12-20-28/h1-20,29-30H,21-24H2. The molecular weight excluding hydrogens is 546 g/mol. The monoisotopic (exact) mass is 576 g/mol. The first-order valence-corrected chi connectivity index (χ1v) is 17.9. The molecule has 1 spiro atoms. The lowest BCUT2D eigenvalue weighted by Crippen LogP contribution is -2.44. The predicted molar refractivity (Wildman–Crippen MR) is 157 cm³/mol. The van der Waals surface area contributed by atoms with Gasteiger partial charge in [-0.1, -0.05) is 133 Å². The summed E-state index contributed by atoms with van der Waals surface area (Å²) in [7, 11) is -3.54. The van der Waals surface area contributed by atoms with Gasteiger partial charge in [-0.25, -0.2) is 0 Å². The van der Waals surface area contributed by atoms with Crippen molar-refractivity contribution < 1.29 is 22.7 Å². The van der Waals surface area contributed by atoms with Gasteiger partial charge in [0.05, 0.1) is 30.9 Å². The Bertz CT molecular complexity index is 1260. The average molecular weight is 577 g/mol. The van der Waals surface area contributed by atoms with Crippen molar-refractivity contribution in [2.75, 3.05) is 25.6 Å². The fourth-order valence-electron chi connectivity index (χ4n) is 5.19. The van der Waals surface area contributed by atoms with E-state index < -0.39 is 25.2 Å². The molecule has 8 heteroatoms. The summed E-state index contributed by atoms with van der Waals surface area (Å²) in [5.74, 6) is 0.530. The van der Waals surface area contributed by atoms with Gasteiger partial charge in [-0.3, -0.25) is 9.13 Å². The smallest absolute Gasteiger partial charge is 0.320 e. The summed E-state index contributed by atoms with van der Waals surface area (Å²) in [5.41, 5.74) is 2.27. The largest absolute Gasteiger partial charge is 0.342 e. The van der Waals surface area contributed by atoms with E-state index >= 15 is 0 Å². The lowest BCUT2D eigenvalue weighted by molar-refractivity contribution is -0.000379. The van der Waals surface area contributed by atoms with Crippen LogP contribution in [0.15, 0.2) is 121 Å². The second-order valence-electron chi connectivity index (χ2n) is 10.1. The first-order valence-electron chi connectivity index (χ1n) is 13.0. The highest BCUT2D eigenvalue weighted by molar-refractivity contribution is 8.56. The molecule has 1 atom stereocenters. The van der Waals surface area contributed by atoms with Gasteiger partial charge in [0, 0.05) is 5.75 Å². The highest BCUT2D eigenvalue weighted by Crippen LogP contribution is 2.76. The molecule has 39 heavy (non-hydrogen) atoms. The van der Waals surface area contributed by atoms with Crippen LogP contribution in [0.3, 0.4) is 0 Å². The lowest BCUT2D eigenvalue weighted by Gasteiger charge is -2.45. The molecule has 0 aliphatic carbocycles. The van der Waals surface area contributed by atoms with Crippen LogP contribution >= 0.6 is 25.5 Å². The highest BCUT2D eigenvalue weighted by Gasteiger charge is 2.53. The van der Waals surface area contributed by atoms with E-state index in [1.54, 1.807) is 0 Å². The van der Waals surface area contributed by atoms with Crippen molar-refractivity contribution in [2.45, 2.75) is 11.3 Å². The fraction of sp³-hybridized carbons (Fsp3) is 0.226. The van der Waals surface area contributed by atoms with E-state index in [4.69, 9.17) is 13.6 Å². The van der Waals surface area contributed by atoms with Crippen molar-refractivity contribution in [2.24, 2.45) is 5.41 Å². The number of benzene rings is 4. The van der Waals surface area contributed by atoms with Gasteiger partial charge in [0.2, 0.25) is 0 Å². The summed E-state index contributed by atoms with van der Waals surface area (Å²) in [4.78, 5) is 0. The van der Waals surface area contributed by atoms with Crippen molar-refractivity contribution in [3.63, 3.8) is 0 Å². The third-order valence-electron chi connectivity index (χ3n) is 7.30. The third kappa shape index (κ3) is 5.47. The Morgan fingerprint density at radius 3 is 1.26 bits per heavy atom. The van der Waals surface area contributed by atoms with E-state index in [-0.39, 0.29) is 25.5 Å². The average Bonchev–Trinajstić information content (AvgIpc) is 2.99. The van der Waals surface area contributed by atoms with Crippen LogP contribution in [-0.4, -0.2) is 25.6 Å². The van der Waals surface area contributed by atoms with Crippen LogP contribution < -0.4 is 0 Å². The topological polar surface area (TPSA) is 61.8 Å². The van der Waals surface area contributed by atoms with Gasteiger partial charge in [0.15, 0.2) is 0 Å². The summed E-state index contributed by atoms with van der Waals surface area (Å²) >= 11 is 1.35. The van der Waals surface area contributed by atoms with E-state index in [0.717, 1.165) is 22.3 Å². The van der Waals surface area contributed by atoms with Crippen molar-refractivity contribution in [3.8, 4) is 0 Å². The van der Waals surface area contributed by atoms with Crippen molar-refractivity contribution >= 4 is 25.5 Å². The van der Waals surface area contributed by atoms with E-state index in [9.17, 15) is 9.13 Å². The first kappa shape index (κ1) is 26.8. The minimum Gasteiger partial charge on any atom is -0.320 e. The quantitative estimate of drug-likeness (QED) is 0.214. The number of hydrogen-bond acceptors (Lipinski definition) is 6. The molecule has 2 fully saturated rings. The van der Waals surface area contributed by atoms with Crippen LogP contribution in [-0.2, 0) is 22.7 Å². The van der Waals surface area contributed by atoms with Gasteiger partial charge in [-0.05, 0) is 22.3 Å². The molecule has 4 aromatic carbocycles. The summed E-state index contributed by atoms with van der Waals surface area (Å²) in [6, 6.07) is 39.2. The summed E-state index contributed by atoms with van der Waals surface area (Å²) < 4.78 is 47.2. The van der Waals surface area contributed by atoms with E-state index in [2.05, 4.69) is 0 Å². The van der Waals surface area contributed by atoms with Gasteiger partial charge in [0.25, 0.3) is 6.57 Å². The van der Waals surface area contributed by atoms with Crippen molar-refractivity contribution in [3.05, 3.63) is 144 Å². The Morgan fingerprint density at radius 1 is 0.538 bits per heavy atom. The predicted octanol–water partition coefficient (Wildman–Crippen LogP) is 8.75. The molecule has 0 aromatic heterocycles. The van der Waals surface area contributed by atoms with Crippen LogP contribution in [0.1, 0.15) is 33.6 Å². The van der Waals surface area contributed by atoms with Crippen molar-refractivity contribution in [1.29, 1.82) is 0 Å². The molecule has 1 unspecified atom stereocenters. The molecule has 2 aliphatic rings. The Labute approximate surface area is 233 Å². The van der Waals surface area contributed by atoms with Crippen LogP contribution in [0.5, 0.6) is 0 Å². The van der Waals surface area contributed by atoms with Crippen LogP contribution in [0.4, 0.5) is 0 Å². The van der Waals surface area contributed by atoms with Gasteiger partial charge in [-0.15, -0.1) is 0 Å². The molecule has 4 aromatic rings. The molecule has 0 bridgehead atoms. The van der Waals surface area contributed by atoms with E-state index in [0.29, 0.717) is 5.75 Å². The van der Waals surface area contributed by atoms with Crippen LogP contribution in [0, 0.1) is 5.41 Å². The molecule has 2 heterocycles. The lowest BCUT2D eigenvalue weighted by atomic mass is 9.94. The van der Waals surface area contributed by atoms with Gasteiger partial charge >= 0.3 is 7.60 Å². The Morgan fingerprint density at radius 2 is 0.897 bits per heavy atom. The summed E-state index contributed by atoms with van der Waals surface area (Å²) in [6.45, 7) is -2.52. The molecule has 0 radical (unpaired) electrons. The molecule has 5 nitrogen and oxygen atoms in total. The van der Waals surface area contributed by atoms with E-state index in [1.165, 1.54) is 11.4 Å².